The normalized spacial score (nSPS) is 10.6. The highest BCUT2D eigenvalue weighted by molar-refractivity contribution is 6.35. The number of benzene rings is 3. The second-order valence-corrected chi connectivity index (χ2v) is 10.7. The highest BCUT2D eigenvalue weighted by Gasteiger charge is 2.16. The van der Waals surface area contributed by atoms with E-state index in [0.29, 0.717) is 46.9 Å². The van der Waals surface area contributed by atoms with Crippen LogP contribution in [0.15, 0.2) is 67.0 Å². The molecule has 0 aliphatic rings. The van der Waals surface area contributed by atoms with E-state index in [0.717, 1.165) is 22.3 Å². The van der Waals surface area contributed by atoms with Gasteiger partial charge in [-0.1, -0.05) is 53.5 Å². The SMILES string of the molecule is Cc1c(COc2cc(OCc3cncc(C#N)c3)c(C=O)cc2Cl)cccc1-c1cccc(OCCC(=O)NCCCO)c1Cl. The van der Waals surface area contributed by atoms with Crippen LogP contribution in [0.25, 0.3) is 11.1 Å². The van der Waals surface area contributed by atoms with Crippen molar-refractivity contribution in [1.29, 1.82) is 5.26 Å². The van der Waals surface area contributed by atoms with Crippen LogP contribution < -0.4 is 19.5 Å². The van der Waals surface area contributed by atoms with Crippen molar-refractivity contribution in [3.63, 3.8) is 0 Å². The fourth-order valence-corrected chi connectivity index (χ4v) is 4.94. The lowest BCUT2D eigenvalue weighted by atomic mass is 9.96. The standard InChI is InChI=1S/C34H31Cl2N3O6/c1-22-25(5-2-6-27(22)28-7-3-8-30(34(28)36)43-12-9-33(42)39-10-4-11-40)21-45-32-15-31(26(19-41)14-29(32)35)44-20-24-13-23(16-37)17-38-18-24/h2-3,5-8,13-15,17-19,40H,4,9-12,20-21H2,1H3,(H,39,42). The van der Waals surface area contributed by atoms with E-state index in [-0.39, 0.29) is 55.1 Å². The van der Waals surface area contributed by atoms with Crippen LogP contribution in [0.5, 0.6) is 17.2 Å². The van der Waals surface area contributed by atoms with Crippen LogP contribution in [0.3, 0.4) is 0 Å². The third-order valence-corrected chi connectivity index (χ3v) is 7.52. The molecule has 0 aliphatic carbocycles. The zero-order chi connectivity index (χ0) is 32.2. The molecule has 0 fully saturated rings. The fourth-order valence-electron chi connectivity index (χ4n) is 4.43. The predicted octanol–water partition coefficient (Wildman–Crippen LogP) is 6.47. The lowest BCUT2D eigenvalue weighted by Gasteiger charge is -2.17. The monoisotopic (exact) mass is 647 g/mol. The molecule has 1 aromatic heterocycles. The number of nitrogens with zero attached hydrogens (tertiary/aromatic N) is 2. The molecule has 2 N–H and O–H groups in total. The quantitative estimate of drug-likeness (QED) is 0.111. The van der Waals surface area contributed by atoms with Gasteiger partial charge in [0.2, 0.25) is 5.91 Å². The molecule has 0 radical (unpaired) electrons. The molecule has 4 rings (SSSR count). The zero-order valence-electron chi connectivity index (χ0n) is 24.5. The maximum atomic E-state index is 12.0. The van der Waals surface area contributed by atoms with Gasteiger partial charge in [0.25, 0.3) is 0 Å². The molecular weight excluding hydrogens is 617 g/mol. The van der Waals surface area contributed by atoms with Gasteiger partial charge in [0.05, 0.1) is 34.2 Å². The first-order valence-electron chi connectivity index (χ1n) is 14.1. The molecule has 0 saturated heterocycles. The summed E-state index contributed by atoms with van der Waals surface area (Å²) in [6.45, 7) is 2.81. The third kappa shape index (κ3) is 8.96. The average Bonchev–Trinajstić information content (AvgIpc) is 3.05. The van der Waals surface area contributed by atoms with Crippen LogP contribution in [-0.4, -0.2) is 42.0 Å². The molecule has 232 valence electrons. The molecule has 1 heterocycles. The van der Waals surface area contributed by atoms with E-state index in [1.54, 1.807) is 24.4 Å². The van der Waals surface area contributed by atoms with Crippen molar-refractivity contribution < 1.29 is 28.9 Å². The van der Waals surface area contributed by atoms with Crippen molar-refractivity contribution >= 4 is 35.4 Å². The summed E-state index contributed by atoms with van der Waals surface area (Å²) >= 11 is 13.2. The summed E-state index contributed by atoms with van der Waals surface area (Å²) in [5.41, 5.74) is 4.79. The number of hydrogen-bond acceptors (Lipinski definition) is 8. The number of aliphatic hydroxyl groups excluding tert-OH is 1. The van der Waals surface area contributed by atoms with Crippen LogP contribution in [0, 0.1) is 18.3 Å². The third-order valence-electron chi connectivity index (χ3n) is 6.84. The smallest absolute Gasteiger partial charge is 0.223 e. The minimum atomic E-state index is -0.165. The number of carbonyl (C=O) groups excluding carboxylic acids is 2. The summed E-state index contributed by atoms with van der Waals surface area (Å²) in [6, 6.07) is 18.0. The molecule has 9 nitrogen and oxygen atoms in total. The molecule has 3 aromatic carbocycles. The highest BCUT2D eigenvalue weighted by Crippen LogP contribution is 2.38. The number of aldehydes is 1. The number of hydrogen-bond donors (Lipinski definition) is 2. The maximum absolute atomic E-state index is 12.0. The van der Waals surface area contributed by atoms with E-state index in [4.69, 9.17) is 47.8 Å². The van der Waals surface area contributed by atoms with Gasteiger partial charge in [-0.3, -0.25) is 14.6 Å². The van der Waals surface area contributed by atoms with E-state index >= 15 is 0 Å². The molecule has 0 aliphatic heterocycles. The number of ether oxygens (including phenoxy) is 3. The summed E-state index contributed by atoms with van der Waals surface area (Å²) < 4.78 is 17.8. The minimum Gasteiger partial charge on any atom is -0.491 e. The van der Waals surface area contributed by atoms with Gasteiger partial charge in [0.15, 0.2) is 6.29 Å². The summed E-state index contributed by atoms with van der Waals surface area (Å²) in [6.07, 6.45) is 4.35. The van der Waals surface area contributed by atoms with Crippen molar-refractivity contribution in [3.8, 4) is 34.4 Å². The van der Waals surface area contributed by atoms with E-state index in [9.17, 15) is 9.59 Å². The second-order valence-electron chi connectivity index (χ2n) is 9.94. The summed E-state index contributed by atoms with van der Waals surface area (Å²) in [7, 11) is 0. The van der Waals surface area contributed by atoms with Crippen molar-refractivity contribution in [3.05, 3.63) is 105 Å². The lowest BCUT2D eigenvalue weighted by Crippen LogP contribution is -2.26. The Morgan fingerprint density at radius 2 is 1.78 bits per heavy atom. The van der Waals surface area contributed by atoms with E-state index in [1.165, 1.54) is 12.3 Å². The minimum absolute atomic E-state index is 0.0176. The number of aromatic nitrogens is 1. The van der Waals surface area contributed by atoms with E-state index in [2.05, 4.69) is 10.3 Å². The molecular formula is C34H31Cl2N3O6. The Kier molecular flexibility index (Phi) is 12.2. The first-order chi connectivity index (χ1) is 21.8. The average molecular weight is 649 g/mol. The van der Waals surface area contributed by atoms with E-state index < -0.39 is 0 Å². The number of carbonyl (C=O) groups is 2. The van der Waals surface area contributed by atoms with Crippen LogP contribution >= 0.6 is 23.2 Å². The summed E-state index contributed by atoms with van der Waals surface area (Å²) in [5, 5.41) is 21.4. The molecule has 0 atom stereocenters. The summed E-state index contributed by atoms with van der Waals surface area (Å²) in [4.78, 5) is 27.7. The first-order valence-corrected chi connectivity index (χ1v) is 14.9. The van der Waals surface area contributed by atoms with Crippen molar-refractivity contribution in [2.75, 3.05) is 19.8 Å². The number of halogens is 2. The number of pyridine rings is 1. The molecule has 4 aromatic rings. The molecule has 0 bridgehead atoms. The van der Waals surface area contributed by atoms with Crippen molar-refractivity contribution in [2.45, 2.75) is 33.0 Å². The Hall–Kier alpha value is -4.62. The van der Waals surface area contributed by atoms with Crippen LogP contribution in [0.4, 0.5) is 0 Å². The largest absolute Gasteiger partial charge is 0.491 e. The Labute approximate surface area is 271 Å². The Morgan fingerprint density at radius 1 is 1.00 bits per heavy atom. The zero-order valence-corrected chi connectivity index (χ0v) is 26.0. The molecule has 45 heavy (non-hydrogen) atoms. The van der Waals surface area contributed by atoms with Crippen molar-refractivity contribution in [1.82, 2.24) is 10.3 Å². The number of amides is 1. The van der Waals surface area contributed by atoms with Crippen LogP contribution in [-0.2, 0) is 18.0 Å². The summed E-state index contributed by atoms with van der Waals surface area (Å²) in [5.74, 6) is 0.910. The number of aliphatic hydroxyl groups is 1. The molecule has 11 heteroatoms. The topological polar surface area (TPSA) is 131 Å². The fraction of sp³-hybridized carbons (Fsp3) is 0.235. The lowest BCUT2D eigenvalue weighted by molar-refractivity contribution is -0.121. The van der Waals surface area contributed by atoms with E-state index in [1.807, 2.05) is 43.3 Å². The number of nitrogens with one attached hydrogen (secondary N) is 1. The van der Waals surface area contributed by atoms with Gasteiger partial charge in [-0.2, -0.15) is 5.26 Å². The second kappa shape index (κ2) is 16.5. The number of rotatable bonds is 15. The van der Waals surface area contributed by atoms with Crippen molar-refractivity contribution in [2.24, 2.45) is 0 Å². The molecule has 0 saturated carbocycles. The van der Waals surface area contributed by atoms with Gasteiger partial charge in [-0.15, -0.1) is 0 Å². The predicted molar refractivity (Wildman–Crippen MR) is 171 cm³/mol. The van der Waals surface area contributed by atoms with Gasteiger partial charge in [-0.05, 0) is 48.2 Å². The van der Waals surface area contributed by atoms with Gasteiger partial charge < -0.3 is 24.6 Å². The van der Waals surface area contributed by atoms with Crippen LogP contribution in [0.2, 0.25) is 10.0 Å². The molecule has 0 spiro atoms. The van der Waals surface area contributed by atoms with Gasteiger partial charge in [0.1, 0.15) is 36.5 Å². The van der Waals surface area contributed by atoms with Gasteiger partial charge in [0, 0.05) is 42.7 Å². The Balaban J connectivity index is 1.46. The molecule has 1 amide bonds. The Bertz CT molecular complexity index is 1710. The highest BCUT2D eigenvalue weighted by atomic mass is 35.5. The van der Waals surface area contributed by atoms with Crippen LogP contribution in [0.1, 0.15) is 45.5 Å². The number of nitriles is 1. The molecule has 0 unspecified atom stereocenters. The maximum Gasteiger partial charge on any atom is 0.223 e. The Morgan fingerprint density at radius 3 is 2.56 bits per heavy atom. The van der Waals surface area contributed by atoms with Gasteiger partial charge >= 0.3 is 0 Å². The first kappa shape index (κ1) is 33.3. The van der Waals surface area contributed by atoms with Gasteiger partial charge in [-0.25, -0.2) is 0 Å².